The lowest BCUT2D eigenvalue weighted by atomic mass is 9.91. The number of aromatic nitrogens is 1. The van der Waals surface area contributed by atoms with Crippen molar-refractivity contribution in [1.29, 1.82) is 0 Å². The number of nitrogens with one attached hydrogen (secondary N) is 1. The Balaban J connectivity index is 1.83. The van der Waals surface area contributed by atoms with Crippen molar-refractivity contribution in [3.63, 3.8) is 0 Å². The zero-order valence-corrected chi connectivity index (χ0v) is 10.4. The summed E-state index contributed by atoms with van der Waals surface area (Å²) in [5.74, 6) is 0.986. The minimum absolute atomic E-state index is 0.646. The first-order chi connectivity index (χ1) is 7.22. The van der Waals surface area contributed by atoms with Gasteiger partial charge in [0, 0.05) is 37.4 Å². The quantitative estimate of drug-likeness (QED) is 0.857. The predicted octanol–water partition coefficient (Wildman–Crippen LogP) is 2.05. The maximum atomic E-state index is 6.05. The number of piperazine rings is 1. The number of halogens is 2. The second kappa shape index (κ2) is 3.61. The Morgan fingerprint density at radius 1 is 1.47 bits per heavy atom. The summed E-state index contributed by atoms with van der Waals surface area (Å²) in [5, 5.41) is 4.22. The van der Waals surface area contributed by atoms with Crippen molar-refractivity contribution in [3.8, 4) is 0 Å². The summed E-state index contributed by atoms with van der Waals surface area (Å²) in [6, 6.07) is 3.22. The third-order valence-electron chi connectivity index (χ3n) is 3.04. The van der Waals surface area contributed by atoms with E-state index in [0.29, 0.717) is 12.1 Å². The van der Waals surface area contributed by atoms with Crippen molar-refractivity contribution in [3.05, 3.63) is 21.8 Å². The van der Waals surface area contributed by atoms with E-state index < -0.39 is 0 Å². The van der Waals surface area contributed by atoms with Crippen molar-refractivity contribution in [2.24, 2.45) is 0 Å². The van der Waals surface area contributed by atoms with E-state index in [1.165, 1.54) is 6.42 Å². The van der Waals surface area contributed by atoms with E-state index in [4.69, 9.17) is 11.6 Å². The number of anilines is 1. The fourth-order valence-corrected chi connectivity index (χ4v) is 2.64. The summed E-state index contributed by atoms with van der Waals surface area (Å²) < 4.78 is 0.855. The molecule has 15 heavy (non-hydrogen) atoms. The molecule has 4 heterocycles. The Kier molecular flexibility index (Phi) is 2.38. The second-order valence-electron chi connectivity index (χ2n) is 4.16. The van der Waals surface area contributed by atoms with Gasteiger partial charge in [0.25, 0.3) is 0 Å². The fraction of sp³-hybridized carbons (Fsp3) is 0.500. The van der Waals surface area contributed by atoms with Gasteiger partial charge in [0.1, 0.15) is 5.82 Å². The Hall–Kier alpha value is -0.320. The molecule has 5 heteroatoms. The molecule has 3 nitrogen and oxygen atoms in total. The zero-order valence-electron chi connectivity index (χ0n) is 8.08. The van der Waals surface area contributed by atoms with Gasteiger partial charge in [0.05, 0.1) is 9.50 Å². The smallest absolute Gasteiger partial charge is 0.130 e. The molecule has 4 rings (SSSR count). The van der Waals surface area contributed by atoms with E-state index >= 15 is 0 Å². The van der Waals surface area contributed by atoms with Crippen LogP contribution in [0.2, 0.25) is 5.02 Å². The molecule has 2 bridgehead atoms. The molecular weight excluding hydrogens is 277 g/mol. The molecule has 1 aromatic heterocycles. The van der Waals surface area contributed by atoms with Crippen LogP contribution in [-0.4, -0.2) is 30.2 Å². The molecule has 3 aliphatic heterocycles. The van der Waals surface area contributed by atoms with E-state index in [0.717, 1.165) is 28.4 Å². The summed E-state index contributed by atoms with van der Waals surface area (Å²) in [5.41, 5.74) is 0. The minimum atomic E-state index is 0.646. The van der Waals surface area contributed by atoms with Crippen LogP contribution in [0, 0.1) is 0 Å². The molecule has 0 radical (unpaired) electrons. The standard InChI is InChI=1S/C10H11BrClN3/c11-8-3-13-10(2-9(8)12)15-4-6-1-7(5-15)14-6/h2-3,6-7,14H,1,4-5H2. The van der Waals surface area contributed by atoms with Gasteiger partial charge in [0.15, 0.2) is 0 Å². The minimum Gasteiger partial charge on any atom is -0.353 e. The van der Waals surface area contributed by atoms with Gasteiger partial charge in [0.2, 0.25) is 0 Å². The summed E-state index contributed by atoms with van der Waals surface area (Å²) in [7, 11) is 0. The Bertz CT molecular complexity index is 382. The summed E-state index contributed by atoms with van der Waals surface area (Å²) in [6.07, 6.45) is 3.08. The van der Waals surface area contributed by atoms with Gasteiger partial charge in [-0.25, -0.2) is 4.98 Å². The maximum Gasteiger partial charge on any atom is 0.130 e. The van der Waals surface area contributed by atoms with Crippen molar-refractivity contribution in [2.45, 2.75) is 18.5 Å². The van der Waals surface area contributed by atoms with Crippen LogP contribution in [0.4, 0.5) is 5.82 Å². The average molecular weight is 289 g/mol. The van der Waals surface area contributed by atoms with Crippen LogP contribution in [0.5, 0.6) is 0 Å². The Morgan fingerprint density at radius 2 is 2.13 bits per heavy atom. The number of rotatable bonds is 1. The van der Waals surface area contributed by atoms with E-state index in [2.05, 4.69) is 31.1 Å². The molecule has 2 atom stereocenters. The second-order valence-corrected chi connectivity index (χ2v) is 5.42. The molecule has 80 valence electrons. The number of piperidine rings is 1. The van der Waals surface area contributed by atoms with Gasteiger partial charge in [-0.3, -0.25) is 0 Å². The largest absolute Gasteiger partial charge is 0.353 e. The highest BCUT2D eigenvalue weighted by atomic mass is 79.9. The lowest BCUT2D eigenvalue weighted by molar-refractivity contribution is 0.225. The number of pyridine rings is 1. The number of nitrogens with zero attached hydrogens (tertiary/aromatic N) is 2. The molecule has 0 saturated carbocycles. The van der Waals surface area contributed by atoms with Crippen LogP contribution in [0.15, 0.2) is 16.7 Å². The molecule has 0 amide bonds. The van der Waals surface area contributed by atoms with Gasteiger partial charge in [-0.2, -0.15) is 0 Å². The topological polar surface area (TPSA) is 28.2 Å². The third kappa shape index (κ3) is 1.75. The molecule has 0 aliphatic carbocycles. The highest BCUT2D eigenvalue weighted by molar-refractivity contribution is 9.10. The highest BCUT2D eigenvalue weighted by Crippen LogP contribution is 2.29. The van der Waals surface area contributed by atoms with Crippen molar-refractivity contribution in [2.75, 3.05) is 18.0 Å². The lowest BCUT2D eigenvalue weighted by Gasteiger charge is -2.48. The van der Waals surface area contributed by atoms with Crippen molar-refractivity contribution in [1.82, 2.24) is 10.3 Å². The molecule has 3 fully saturated rings. The first-order valence-corrected chi connectivity index (χ1v) is 6.21. The highest BCUT2D eigenvalue weighted by Gasteiger charge is 2.36. The zero-order chi connectivity index (χ0) is 10.4. The molecule has 3 saturated heterocycles. The maximum absolute atomic E-state index is 6.05. The molecule has 1 N–H and O–H groups in total. The first-order valence-electron chi connectivity index (χ1n) is 5.04. The Morgan fingerprint density at radius 3 is 2.73 bits per heavy atom. The average Bonchev–Trinajstić information content (AvgIpc) is 2.21. The van der Waals surface area contributed by atoms with Crippen LogP contribution in [0.3, 0.4) is 0 Å². The van der Waals surface area contributed by atoms with Crippen LogP contribution >= 0.6 is 27.5 Å². The van der Waals surface area contributed by atoms with E-state index in [1.807, 2.05) is 6.07 Å². The Labute approximate surface area is 102 Å². The van der Waals surface area contributed by atoms with Crippen LogP contribution in [0.1, 0.15) is 6.42 Å². The van der Waals surface area contributed by atoms with Gasteiger partial charge >= 0.3 is 0 Å². The fourth-order valence-electron chi connectivity index (χ4n) is 2.28. The summed E-state index contributed by atoms with van der Waals surface area (Å²) in [6.45, 7) is 2.09. The molecule has 0 spiro atoms. The van der Waals surface area contributed by atoms with Crippen molar-refractivity contribution >= 4 is 33.3 Å². The number of fused-ring (bicyclic) bond motifs is 2. The summed E-state index contributed by atoms with van der Waals surface area (Å²) in [4.78, 5) is 6.68. The molecular formula is C10H11BrClN3. The van der Waals surface area contributed by atoms with E-state index in [9.17, 15) is 0 Å². The van der Waals surface area contributed by atoms with Gasteiger partial charge < -0.3 is 10.2 Å². The number of hydrogen-bond acceptors (Lipinski definition) is 3. The van der Waals surface area contributed by atoms with Gasteiger partial charge in [-0.05, 0) is 22.4 Å². The molecule has 1 aromatic rings. The monoisotopic (exact) mass is 287 g/mol. The van der Waals surface area contributed by atoms with Gasteiger partial charge in [-0.15, -0.1) is 0 Å². The summed E-state index contributed by atoms with van der Waals surface area (Å²) >= 11 is 9.40. The van der Waals surface area contributed by atoms with Crippen LogP contribution in [-0.2, 0) is 0 Å². The van der Waals surface area contributed by atoms with Crippen LogP contribution < -0.4 is 10.2 Å². The molecule has 0 aromatic carbocycles. The SMILES string of the molecule is Clc1cc(N2CC3CC(C2)N3)ncc1Br. The molecule has 2 unspecified atom stereocenters. The third-order valence-corrected chi connectivity index (χ3v) is 4.21. The number of hydrogen-bond donors (Lipinski definition) is 1. The lowest BCUT2D eigenvalue weighted by Crippen LogP contribution is -2.67. The van der Waals surface area contributed by atoms with Crippen LogP contribution in [0.25, 0.3) is 0 Å². The first kappa shape index (κ1) is 9.87. The normalized spacial score (nSPS) is 28.8. The van der Waals surface area contributed by atoms with E-state index in [1.54, 1.807) is 6.20 Å². The predicted molar refractivity (Wildman–Crippen MR) is 64.5 cm³/mol. The molecule has 3 aliphatic rings. The van der Waals surface area contributed by atoms with Crippen molar-refractivity contribution < 1.29 is 0 Å². The van der Waals surface area contributed by atoms with Gasteiger partial charge in [-0.1, -0.05) is 11.6 Å². The van der Waals surface area contributed by atoms with E-state index in [-0.39, 0.29) is 0 Å².